The van der Waals surface area contributed by atoms with Gasteiger partial charge >= 0.3 is 0 Å². The predicted octanol–water partition coefficient (Wildman–Crippen LogP) is 3.53. The first-order valence-electron chi connectivity index (χ1n) is 7.28. The molecule has 0 saturated carbocycles. The zero-order chi connectivity index (χ0) is 14.5. The van der Waals surface area contributed by atoms with Gasteiger partial charge in [-0.3, -0.25) is 4.79 Å². The molecule has 1 aromatic rings. The largest absolute Gasteiger partial charge is 0.378 e. The van der Waals surface area contributed by atoms with E-state index in [0.717, 1.165) is 42.4 Å². The molecule has 4 heteroatoms. The van der Waals surface area contributed by atoms with E-state index in [2.05, 4.69) is 20.8 Å². The number of amides is 1. The molecule has 0 N–H and O–H groups in total. The Balaban J connectivity index is 2.12. The fourth-order valence-corrected chi connectivity index (χ4v) is 3.29. The van der Waals surface area contributed by atoms with Gasteiger partial charge in [-0.25, -0.2) is 0 Å². The number of hydrogen-bond acceptors (Lipinski definition) is 2. The number of piperidine rings is 1. The number of likely N-dealkylation sites (tertiary alicyclic amines) is 1. The van der Waals surface area contributed by atoms with E-state index in [0.29, 0.717) is 6.04 Å². The van der Waals surface area contributed by atoms with Crippen LogP contribution in [0.5, 0.6) is 0 Å². The molecule has 1 aliphatic heterocycles. The minimum Gasteiger partial charge on any atom is -0.378 e. The molecule has 3 nitrogen and oxygen atoms in total. The van der Waals surface area contributed by atoms with Crippen molar-refractivity contribution in [3.63, 3.8) is 0 Å². The summed E-state index contributed by atoms with van der Waals surface area (Å²) in [4.78, 5) is 16.8. The third-order valence-corrected chi connectivity index (χ3v) is 4.42. The molecule has 1 unspecified atom stereocenters. The van der Waals surface area contributed by atoms with Crippen molar-refractivity contribution in [2.24, 2.45) is 0 Å². The monoisotopic (exact) mass is 338 g/mol. The van der Waals surface area contributed by atoms with Gasteiger partial charge in [0.15, 0.2) is 0 Å². The number of benzene rings is 1. The van der Waals surface area contributed by atoms with E-state index in [4.69, 9.17) is 0 Å². The highest BCUT2D eigenvalue weighted by Crippen LogP contribution is 2.23. The van der Waals surface area contributed by atoms with Crippen LogP contribution in [0.25, 0.3) is 0 Å². The van der Waals surface area contributed by atoms with Gasteiger partial charge in [-0.15, -0.1) is 0 Å². The fraction of sp³-hybridized carbons (Fsp3) is 0.562. The van der Waals surface area contributed by atoms with Crippen molar-refractivity contribution in [1.82, 2.24) is 4.90 Å². The van der Waals surface area contributed by atoms with Gasteiger partial charge in [-0.2, -0.15) is 0 Å². The molecular weight excluding hydrogens is 316 g/mol. The molecule has 0 radical (unpaired) electrons. The summed E-state index contributed by atoms with van der Waals surface area (Å²) in [6.07, 6.45) is 4.54. The van der Waals surface area contributed by atoms with Gasteiger partial charge in [0.25, 0.3) is 5.91 Å². The first kappa shape index (κ1) is 15.4. The number of alkyl halides is 1. The fourth-order valence-electron chi connectivity index (χ4n) is 2.76. The molecule has 1 atom stereocenters. The number of halogens is 1. The van der Waals surface area contributed by atoms with E-state index < -0.39 is 0 Å². The zero-order valence-electron chi connectivity index (χ0n) is 12.3. The van der Waals surface area contributed by atoms with Crippen molar-refractivity contribution in [3.8, 4) is 0 Å². The van der Waals surface area contributed by atoms with Gasteiger partial charge in [0, 0.05) is 43.3 Å². The molecule has 0 aliphatic carbocycles. The summed E-state index contributed by atoms with van der Waals surface area (Å²) in [6.45, 7) is 0.895. The standard InChI is InChI=1S/C16H23BrN2O/c1-18(2)14-8-6-13(7-9-14)16(20)19-12-4-3-5-15(19)10-11-17/h6-9,15H,3-5,10-12H2,1-2H3. The Morgan fingerprint density at radius 3 is 2.60 bits per heavy atom. The maximum absolute atomic E-state index is 12.7. The number of nitrogens with zero attached hydrogens (tertiary/aromatic N) is 2. The number of rotatable bonds is 4. The summed E-state index contributed by atoms with van der Waals surface area (Å²) in [5.41, 5.74) is 1.93. The summed E-state index contributed by atoms with van der Waals surface area (Å²) in [6, 6.07) is 8.30. The number of carbonyl (C=O) groups excluding carboxylic acids is 1. The van der Waals surface area contributed by atoms with Crippen molar-refractivity contribution in [2.45, 2.75) is 31.7 Å². The lowest BCUT2D eigenvalue weighted by atomic mass is 9.99. The highest BCUT2D eigenvalue weighted by Gasteiger charge is 2.26. The van der Waals surface area contributed by atoms with Crippen LogP contribution < -0.4 is 4.90 Å². The van der Waals surface area contributed by atoms with Crippen LogP contribution in [0.2, 0.25) is 0 Å². The van der Waals surface area contributed by atoms with Gasteiger partial charge in [-0.05, 0) is 49.9 Å². The smallest absolute Gasteiger partial charge is 0.254 e. The van der Waals surface area contributed by atoms with E-state index in [1.54, 1.807) is 0 Å². The van der Waals surface area contributed by atoms with Gasteiger partial charge in [0.1, 0.15) is 0 Å². The normalized spacial score (nSPS) is 18.9. The Morgan fingerprint density at radius 1 is 1.30 bits per heavy atom. The SMILES string of the molecule is CN(C)c1ccc(C(=O)N2CCCCC2CCBr)cc1. The van der Waals surface area contributed by atoms with E-state index >= 15 is 0 Å². The van der Waals surface area contributed by atoms with Crippen molar-refractivity contribution >= 4 is 27.5 Å². The molecule has 20 heavy (non-hydrogen) atoms. The molecule has 0 spiro atoms. The van der Waals surface area contributed by atoms with Gasteiger partial charge < -0.3 is 9.80 Å². The van der Waals surface area contributed by atoms with Crippen LogP contribution >= 0.6 is 15.9 Å². The maximum atomic E-state index is 12.7. The van der Waals surface area contributed by atoms with Crippen LogP contribution in [-0.4, -0.2) is 42.8 Å². The second kappa shape index (κ2) is 7.11. The molecule has 1 saturated heterocycles. The molecule has 1 aromatic carbocycles. The second-order valence-corrected chi connectivity index (χ2v) is 6.36. The molecule has 110 valence electrons. The van der Waals surface area contributed by atoms with Crippen LogP contribution in [-0.2, 0) is 0 Å². The lowest BCUT2D eigenvalue weighted by molar-refractivity contribution is 0.0610. The lowest BCUT2D eigenvalue weighted by Gasteiger charge is -2.35. The molecule has 0 aromatic heterocycles. The predicted molar refractivity (Wildman–Crippen MR) is 87.9 cm³/mol. The molecule has 1 amide bonds. The van der Waals surface area contributed by atoms with E-state index in [9.17, 15) is 4.79 Å². The highest BCUT2D eigenvalue weighted by molar-refractivity contribution is 9.09. The molecule has 1 fully saturated rings. The lowest BCUT2D eigenvalue weighted by Crippen LogP contribution is -2.43. The zero-order valence-corrected chi connectivity index (χ0v) is 13.9. The summed E-state index contributed by atoms with van der Waals surface area (Å²) in [7, 11) is 4.01. The molecule has 1 aliphatic rings. The Bertz CT molecular complexity index is 442. The van der Waals surface area contributed by atoms with Crippen LogP contribution in [0, 0.1) is 0 Å². The van der Waals surface area contributed by atoms with Crippen LogP contribution in [0.15, 0.2) is 24.3 Å². The third kappa shape index (κ3) is 3.54. The van der Waals surface area contributed by atoms with E-state index in [-0.39, 0.29) is 5.91 Å². The Kier molecular flexibility index (Phi) is 5.46. The summed E-state index contributed by atoms with van der Waals surface area (Å²) < 4.78 is 0. The Labute approximate surface area is 130 Å². The summed E-state index contributed by atoms with van der Waals surface area (Å²) >= 11 is 3.50. The maximum Gasteiger partial charge on any atom is 0.254 e. The van der Waals surface area contributed by atoms with Gasteiger partial charge in [-0.1, -0.05) is 15.9 Å². The average Bonchev–Trinajstić information content (AvgIpc) is 2.47. The number of anilines is 1. The third-order valence-electron chi connectivity index (χ3n) is 3.96. The van der Waals surface area contributed by atoms with Crippen molar-refractivity contribution in [3.05, 3.63) is 29.8 Å². The molecule has 1 heterocycles. The van der Waals surface area contributed by atoms with Crippen LogP contribution in [0.3, 0.4) is 0 Å². The first-order chi connectivity index (χ1) is 9.63. The molecular formula is C16H23BrN2O. The van der Waals surface area contributed by atoms with Gasteiger partial charge in [0.05, 0.1) is 0 Å². The van der Waals surface area contributed by atoms with Crippen LogP contribution in [0.4, 0.5) is 5.69 Å². The minimum absolute atomic E-state index is 0.181. The van der Waals surface area contributed by atoms with Gasteiger partial charge in [0.2, 0.25) is 0 Å². The second-order valence-electron chi connectivity index (χ2n) is 5.57. The van der Waals surface area contributed by atoms with Crippen LogP contribution in [0.1, 0.15) is 36.0 Å². The quantitative estimate of drug-likeness (QED) is 0.784. The summed E-state index contributed by atoms with van der Waals surface area (Å²) in [5.74, 6) is 0.181. The minimum atomic E-state index is 0.181. The summed E-state index contributed by atoms with van der Waals surface area (Å²) in [5, 5.41) is 0.959. The Morgan fingerprint density at radius 2 is 2.00 bits per heavy atom. The Hall–Kier alpha value is -1.03. The van der Waals surface area contributed by atoms with Crippen molar-refractivity contribution in [1.29, 1.82) is 0 Å². The van der Waals surface area contributed by atoms with Crippen molar-refractivity contribution < 1.29 is 4.79 Å². The highest BCUT2D eigenvalue weighted by atomic mass is 79.9. The molecule has 0 bridgehead atoms. The van der Waals surface area contributed by atoms with E-state index in [1.807, 2.05) is 43.3 Å². The first-order valence-corrected chi connectivity index (χ1v) is 8.40. The molecule has 2 rings (SSSR count). The topological polar surface area (TPSA) is 23.6 Å². The van der Waals surface area contributed by atoms with Crippen molar-refractivity contribution in [2.75, 3.05) is 30.9 Å². The number of carbonyl (C=O) groups is 1. The number of hydrogen-bond donors (Lipinski definition) is 0. The van der Waals surface area contributed by atoms with E-state index in [1.165, 1.54) is 6.42 Å². The average molecular weight is 339 g/mol.